The molecule has 0 saturated carbocycles. The predicted molar refractivity (Wildman–Crippen MR) is 56.1 cm³/mol. The number of rotatable bonds is 3. The summed E-state index contributed by atoms with van der Waals surface area (Å²) in [5.74, 6) is -0.348. The fraction of sp³-hybridized carbons (Fsp3) is 0.455. The first-order valence-corrected chi connectivity index (χ1v) is 4.82. The van der Waals surface area contributed by atoms with Crippen molar-refractivity contribution in [3.63, 3.8) is 0 Å². The van der Waals surface area contributed by atoms with Gasteiger partial charge in [0.25, 0.3) is 0 Å². The summed E-state index contributed by atoms with van der Waals surface area (Å²) in [4.78, 5) is 22.2. The minimum absolute atomic E-state index is 0.139. The summed E-state index contributed by atoms with van der Waals surface area (Å²) in [5, 5.41) is 2.63. The van der Waals surface area contributed by atoms with Gasteiger partial charge in [-0.2, -0.15) is 0 Å². The standard InChI is InChI=1S/C11H15NO3/c1-4-11(15-3)6-5-9(14)7-10(11)12-8(2)13/h5-7H,4H2,1-3H3,(H,12,13)/t11-/m0/s1. The van der Waals surface area contributed by atoms with E-state index < -0.39 is 5.60 Å². The van der Waals surface area contributed by atoms with Crippen molar-refractivity contribution < 1.29 is 14.3 Å². The molecule has 0 aromatic heterocycles. The lowest BCUT2D eigenvalue weighted by molar-refractivity contribution is -0.119. The van der Waals surface area contributed by atoms with Gasteiger partial charge in [-0.3, -0.25) is 9.59 Å². The zero-order chi connectivity index (χ0) is 11.5. The van der Waals surface area contributed by atoms with Gasteiger partial charge in [-0.1, -0.05) is 6.92 Å². The van der Waals surface area contributed by atoms with Gasteiger partial charge in [-0.25, -0.2) is 0 Å². The monoisotopic (exact) mass is 209 g/mol. The zero-order valence-corrected chi connectivity index (χ0v) is 9.16. The highest BCUT2D eigenvalue weighted by Gasteiger charge is 2.33. The number of carbonyl (C=O) groups excluding carboxylic acids is 2. The van der Waals surface area contributed by atoms with Gasteiger partial charge >= 0.3 is 0 Å². The zero-order valence-electron chi connectivity index (χ0n) is 9.16. The molecule has 0 heterocycles. The maximum absolute atomic E-state index is 11.2. The van der Waals surface area contributed by atoms with Crippen LogP contribution in [0.2, 0.25) is 0 Å². The molecule has 0 bridgehead atoms. The topological polar surface area (TPSA) is 55.4 Å². The molecule has 1 atom stereocenters. The number of hydrogen-bond donors (Lipinski definition) is 1. The van der Waals surface area contributed by atoms with E-state index in [0.717, 1.165) is 0 Å². The van der Waals surface area contributed by atoms with E-state index in [-0.39, 0.29) is 11.7 Å². The van der Waals surface area contributed by atoms with Crippen LogP contribution in [0.1, 0.15) is 20.3 Å². The van der Waals surface area contributed by atoms with E-state index in [0.29, 0.717) is 12.1 Å². The fourth-order valence-electron chi connectivity index (χ4n) is 1.58. The van der Waals surface area contributed by atoms with Gasteiger partial charge in [0.05, 0.1) is 5.70 Å². The highest BCUT2D eigenvalue weighted by Crippen LogP contribution is 2.27. The molecule has 0 spiro atoms. The van der Waals surface area contributed by atoms with Crippen molar-refractivity contribution >= 4 is 11.7 Å². The lowest BCUT2D eigenvalue weighted by Gasteiger charge is -2.32. The Morgan fingerprint density at radius 2 is 2.27 bits per heavy atom. The molecule has 1 aliphatic carbocycles. The van der Waals surface area contributed by atoms with Gasteiger partial charge in [-0.05, 0) is 18.6 Å². The third kappa shape index (κ3) is 2.33. The number of methoxy groups -OCH3 is 1. The fourth-order valence-corrected chi connectivity index (χ4v) is 1.58. The first-order valence-electron chi connectivity index (χ1n) is 4.82. The van der Waals surface area contributed by atoms with Crippen LogP contribution in [0.25, 0.3) is 0 Å². The van der Waals surface area contributed by atoms with E-state index in [9.17, 15) is 9.59 Å². The molecule has 4 heteroatoms. The van der Waals surface area contributed by atoms with Gasteiger partial charge < -0.3 is 10.1 Å². The van der Waals surface area contributed by atoms with Crippen molar-refractivity contribution in [1.29, 1.82) is 0 Å². The average molecular weight is 209 g/mol. The quantitative estimate of drug-likeness (QED) is 0.752. The van der Waals surface area contributed by atoms with Crippen molar-refractivity contribution in [2.75, 3.05) is 7.11 Å². The smallest absolute Gasteiger partial charge is 0.221 e. The number of allylic oxidation sites excluding steroid dienone is 2. The van der Waals surface area contributed by atoms with Crippen LogP contribution < -0.4 is 5.32 Å². The van der Waals surface area contributed by atoms with Crippen molar-refractivity contribution in [2.24, 2.45) is 0 Å². The van der Waals surface area contributed by atoms with Crippen molar-refractivity contribution in [3.8, 4) is 0 Å². The molecule has 1 N–H and O–H groups in total. The minimum Gasteiger partial charge on any atom is -0.368 e. The van der Waals surface area contributed by atoms with Crippen LogP contribution in [0, 0.1) is 0 Å². The summed E-state index contributed by atoms with van der Waals surface area (Å²) in [5.41, 5.74) is -0.174. The number of carbonyl (C=O) groups is 2. The van der Waals surface area contributed by atoms with Crippen molar-refractivity contribution in [1.82, 2.24) is 5.32 Å². The van der Waals surface area contributed by atoms with E-state index in [1.807, 2.05) is 6.92 Å². The van der Waals surface area contributed by atoms with E-state index >= 15 is 0 Å². The minimum atomic E-state index is -0.681. The number of ether oxygens (including phenoxy) is 1. The van der Waals surface area contributed by atoms with E-state index in [1.54, 1.807) is 13.2 Å². The van der Waals surface area contributed by atoms with Crippen LogP contribution >= 0.6 is 0 Å². The number of nitrogens with one attached hydrogen (secondary N) is 1. The molecular formula is C11H15NO3. The summed E-state index contributed by atoms with van der Waals surface area (Å²) >= 11 is 0. The van der Waals surface area contributed by atoms with Crippen LogP contribution in [-0.4, -0.2) is 24.4 Å². The van der Waals surface area contributed by atoms with Gasteiger partial charge in [0, 0.05) is 20.1 Å². The van der Waals surface area contributed by atoms with Gasteiger partial charge in [0.15, 0.2) is 5.78 Å². The van der Waals surface area contributed by atoms with Gasteiger partial charge in [0.1, 0.15) is 5.60 Å². The number of amides is 1. The first kappa shape index (κ1) is 11.7. The molecule has 0 aromatic carbocycles. The Morgan fingerprint density at radius 1 is 1.60 bits per heavy atom. The lowest BCUT2D eigenvalue weighted by Crippen LogP contribution is -2.41. The predicted octanol–water partition coefficient (Wildman–Crippen LogP) is 0.940. The molecule has 0 aliphatic heterocycles. The van der Waals surface area contributed by atoms with Crippen molar-refractivity contribution in [3.05, 3.63) is 23.9 Å². The molecule has 1 rings (SSSR count). The second kappa shape index (κ2) is 4.40. The van der Waals surface area contributed by atoms with Crippen LogP contribution in [0.15, 0.2) is 23.9 Å². The number of hydrogen-bond acceptors (Lipinski definition) is 3. The average Bonchev–Trinajstić information content (AvgIpc) is 2.18. The highest BCUT2D eigenvalue weighted by atomic mass is 16.5. The molecule has 4 nitrogen and oxygen atoms in total. The third-order valence-corrected chi connectivity index (χ3v) is 2.46. The largest absolute Gasteiger partial charge is 0.368 e. The second-order valence-electron chi connectivity index (χ2n) is 3.42. The molecule has 0 unspecified atom stereocenters. The summed E-state index contributed by atoms with van der Waals surface area (Å²) in [6.45, 7) is 3.33. The Hall–Kier alpha value is -1.42. The maximum atomic E-state index is 11.2. The number of ketones is 1. The van der Waals surface area contributed by atoms with Crippen LogP contribution in [-0.2, 0) is 14.3 Å². The summed E-state index contributed by atoms with van der Waals surface area (Å²) in [6.07, 6.45) is 5.19. The molecule has 15 heavy (non-hydrogen) atoms. The van der Waals surface area contributed by atoms with E-state index in [4.69, 9.17) is 4.74 Å². The van der Waals surface area contributed by atoms with Crippen LogP contribution in [0.4, 0.5) is 0 Å². The van der Waals surface area contributed by atoms with Gasteiger partial charge in [0.2, 0.25) is 5.91 Å². The molecule has 0 saturated heterocycles. The van der Waals surface area contributed by atoms with E-state index in [2.05, 4.69) is 5.32 Å². The molecule has 1 amide bonds. The second-order valence-corrected chi connectivity index (χ2v) is 3.42. The SMILES string of the molecule is CC[C@]1(OC)C=CC(=O)C=C1NC(C)=O. The Labute approximate surface area is 89.0 Å². The Balaban J connectivity index is 3.04. The van der Waals surface area contributed by atoms with Crippen molar-refractivity contribution in [2.45, 2.75) is 25.9 Å². The summed E-state index contributed by atoms with van der Waals surface area (Å²) < 4.78 is 5.37. The summed E-state index contributed by atoms with van der Waals surface area (Å²) in [7, 11) is 1.55. The Kier molecular flexibility index (Phi) is 3.42. The molecule has 0 aromatic rings. The maximum Gasteiger partial charge on any atom is 0.221 e. The molecule has 1 aliphatic rings. The van der Waals surface area contributed by atoms with Gasteiger partial charge in [-0.15, -0.1) is 0 Å². The van der Waals surface area contributed by atoms with E-state index in [1.165, 1.54) is 19.1 Å². The molecule has 82 valence electrons. The third-order valence-electron chi connectivity index (χ3n) is 2.46. The first-order chi connectivity index (χ1) is 7.04. The Bertz CT molecular complexity index is 338. The van der Waals surface area contributed by atoms with Crippen LogP contribution in [0.5, 0.6) is 0 Å². The molecule has 0 radical (unpaired) electrons. The highest BCUT2D eigenvalue weighted by molar-refractivity contribution is 6.01. The lowest BCUT2D eigenvalue weighted by atomic mass is 9.90. The molecular weight excluding hydrogens is 194 g/mol. The Morgan fingerprint density at radius 3 is 2.73 bits per heavy atom. The normalized spacial score (nSPS) is 25.0. The van der Waals surface area contributed by atoms with Crippen LogP contribution in [0.3, 0.4) is 0 Å². The molecule has 0 fully saturated rings. The summed E-state index contributed by atoms with van der Waals surface area (Å²) in [6, 6.07) is 0.